The number of amides is 2. The van der Waals surface area contributed by atoms with Crippen molar-refractivity contribution in [2.45, 2.75) is 32.2 Å². The van der Waals surface area contributed by atoms with Crippen LogP contribution >= 0.6 is 11.6 Å². The highest BCUT2D eigenvalue weighted by atomic mass is 35.5. The highest BCUT2D eigenvalue weighted by Crippen LogP contribution is 2.22. The highest BCUT2D eigenvalue weighted by molar-refractivity contribution is 6.18. The number of nitrogens with two attached hydrogens (primary N) is 1. The van der Waals surface area contributed by atoms with Gasteiger partial charge in [-0.05, 0) is 19.8 Å². The number of hydrogen-bond donors (Lipinski definition) is 1. The van der Waals surface area contributed by atoms with Crippen molar-refractivity contribution in [3.63, 3.8) is 0 Å². The van der Waals surface area contributed by atoms with Gasteiger partial charge in [0.15, 0.2) is 0 Å². The van der Waals surface area contributed by atoms with Crippen LogP contribution in [0, 0.1) is 5.92 Å². The summed E-state index contributed by atoms with van der Waals surface area (Å²) in [4.78, 5) is 24.4. The van der Waals surface area contributed by atoms with E-state index in [1.807, 2.05) is 6.92 Å². The molecule has 0 aromatic heterocycles. The van der Waals surface area contributed by atoms with Crippen molar-refractivity contribution in [2.24, 2.45) is 11.7 Å². The summed E-state index contributed by atoms with van der Waals surface area (Å²) in [5.41, 5.74) is 5.25. The molecular weight excluding hydrogens is 216 g/mol. The van der Waals surface area contributed by atoms with Gasteiger partial charge in [0.2, 0.25) is 11.8 Å². The van der Waals surface area contributed by atoms with E-state index in [2.05, 4.69) is 0 Å². The Labute approximate surface area is 94.7 Å². The summed E-state index contributed by atoms with van der Waals surface area (Å²) in [6, 6.07) is 0.191. The van der Waals surface area contributed by atoms with Crippen LogP contribution in [0.1, 0.15) is 26.2 Å². The molecule has 86 valence electrons. The molecule has 2 amide bonds. The maximum atomic E-state index is 11.7. The van der Waals surface area contributed by atoms with Crippen LogP contribution in [-0.2, 0) is 9.59 Å². The predicted molar refractivity (Wildman–Crippen MR) is 58.4 cm³/mol. The maximum Gasteiger partial charge on any atom is 0.224 e. The molecule has 2 N–H and O–H groups in total. The molecule has 2 unspecified atom stereocenters. The number of hydrogen-bond acceptors (Lipinski definition) is 2. The van der Waals surface area contributed by atoms with Crippen molar-refractivity contribution < 1.29 is 9.59 Å². The van der Waals surface area contributed by atoms with Crippen LogP contribution in [0.3, 0.4) is 0 Å². The van der Waals surface area contributed by atoms with Gasteiger partial charge in [0.1, 0.15) is 0 Å². The molecule has 2 atom stereocenters. The van der Waals surface area contributed by atoms with Crippen molar-refractivity contribution in [3.8, 4) is 0 Å². The number of rotatable bonds is 3. The SMILES string of the molecule is CC1CCC(C(N)=O)CN1C(=O)CCCl. The van der Waals surface area contributed by atoms with Gasteiger partial charge in [-0.1, -0.05) is 0 Å². The molecule has 15 heavy (non-hydrogen) atoms. The number of carbonyl (C=O) groups excluding carboxylic acids is 2. The second-order valence-corrected chi connectivity index (χ2v) is 4.39. The van der Waals surface area contributed by atoms with Gasteiger partial charge in [-0.15, -0.1) is 11.6 Å². The summed E-state index contributed by atoms with van der Waals surface area (Å²) < 4.78 is 0. The minimum atomic E-state index is -0.314. The van der Waals surface area contributed by atoms with Crippen LogP contribution < -0.4 is 5.73 Å². The Hall–Kier alpha value is -0.770. The van der Waals surface area contributed by atoms with Gasteiger partial charge >= 0.3 is 0 Å². The Kier molecular flexibility index (Phi) is 4.39. The van der Waals surface area contributed by atoms with E-state index in [1.54, 1.807) is 4.90 Å². The minimum absolute atomic E-state index is 0.0171. The zero-order chi connectivity index (χ0) is 11.4. The Morgan fingerprint density at radius 1 is 1.47 bits per heavy atom. The summed E-state index contributed by atoms with van der Waals surface area (Å²) in [6.45, 7) is 2.44. The third-order valence-electron chi connectivity index (χ3n) is 2.91. The van der Waals surface area contributed by atoms with E-state index in [0.29, 0.717) is 18.8 Å². The Bertz CT molecular complexity index is 258. The summed E-state index contributed by atoms with van der Waals surface area (Å²) in [5.74, 6) is -0.168. The third kappa shape index (κ3) is 3.09. The lowest BCUT2D eigenvalue weighted by molar-refractivity contribution is -0.137. The fourth-order valence-electron chi connectivity index (χ4n) is 1.91. The molecule has 0 bridgehead atoms. The third-order valence-corrected chi connectivity index (χ3v) is 3.10. The van der Waals surface area contributed by atoms with Crippen LogP contribution in [0.2, 0.25) is 0 Å². The van der Waals surface area contributed by atoms with Gasteiger partial charge < -0.3 is 10.6 Å². The molecule has 1 saturated heterocycles. The van der Waals surface area contributed by atoms with Crippen LogP contribution in [0.4, 0.5) is 0 Å². The molecule has 0 aromatic carbocycles. The van der Waals surface area contributed by atoms with Crippen molar-refractivity contribution in [2.75, 3.05) is 12.4 Å². The summed E-state index contributed by atoms with van der Waals surface area (Å²) in [7, 11) is 0. The van der Waals surface area contributed by atoms with E-state index < -0.39 is 0 Å². The summed E-state index contributed by atoms with van der Waals surface area (Å²) in [5, 5.41) is 0. The number of piperidine rings is 1. The number of alkyl halides is 1. The van der Waals surface area contributed by atoms with Gasteiger partial charge in [0, 0.05) is 24.9 Å². The average molecular weight is 233 g/mol. The minimum Gasteiger partial charge on any atom is -0.369 e. The van der Waals surface area contributed by atoms with Crippen LogP contribution in [0.15, 0.2) is 0 Å². The number of primary amides is 1. The fourth-order valence-corrected chi connectivity index (χ4v) is 2.07. The molecule has 0 aliphatic carbocycles. The Balaban J connectivity index is 2.60. The normalized spacial score (nSPS) is 26.4. The van der Waals surface area contributed by atoms with E-state index in [-0.39, 0.29) is 23.8 Å². The van der Waals surface area contributed by atoms with Crippen LogP contribution in [0.5, 0.6) is 0 Å². The fraction of sp³-hybridized carbons (Fsp3) is 0.800. The van der Waals surface area contributed by atoms with Crippen LogP contribution in [-0.4, -0.2) is 35.2 Å². The first-order valence-corrected chi connectivity index (χ1v) is 5.74. The van der Waals surface area contributed by atoms with E-state index in [9.17, 15) is 9.59 Å². The zero-order valence-electron chi connectivity index (χ0n) is 8.91. The molecule has 1 fully saturated rings. The van der Waals surface area contributed by atoms with Gasteiger partial charge in [-0.2, -0.15) is 0 Å². The monoisotopic (exact) mass is 232 g/mol. The summed E-state index contributed by atoms with van der Waals surface area (Å²) >= 11 is 5.52. The topological polar surface area (TPSA) is 63.4 Å². The van der Waals surface area contributed by atoms with Crippen molar-refractivity contribution >= 4 is 23.4 Å². The number of halogens is 1. The lowest BCUT2D eigenvalue weighted by Crippen LogP contribution is -2.48. The van der Waals surface area contributed by atoms with E-state index in [0.717, 1.165) is 12.8 Å². The first kappa shape index (κ1) is 12.3. The van der Waals surface area contributed by atoms with E-state index in [1.165, 1.54) is 0 Å². The number of nitrogens with zero attached hydrogens (tertiary/aromatic N) is 1. The van der Waals surface area contributed by atoms with Crippen molar-refractivity contribution in [3.05, 3.63) is 0 Å². The molecule has 0 radical (unpaired) electrons. The van der Waals surface area contributed by atoms with Gasteiger partial charge in [-0.3, -0.25) is 9.59 Å². The first-order chi connectivity index (χ1) is 7.06. The molecule has 1 aliphatic heterocycles. The maximum absolute atomic E-state index is 11.7. The van der Waals surface area contributed by atoms with Crippen molar-refractivity contribution in [1.29, 1.82) is 0 Å². The van der Waals surface area contributed by atoms with E-state index in [4.69, 9.17) is 17.3 Å². The molecule has 0 saturated carbocycles. The number of carbonyl (C=O) groups is 2. The molecule has 1 rings (SSSR count). The molecule has 5 heteroatoms. The standard InChI is InChI=1S/C10H17ClN2O2/c1-7-2-3-8(10(12)15)6-13(7)9(14)4-5-11/h7-8H,2-6H2,1H3,(H2,12,15). The van der Waals surface area contributed by atoms with Gasteiger partial charge in [0.05, 0.1) is 5.92 Å². The quantitative estimate of drug-likeness (QED) is 0.729. The molecule has 0 aromatic rings. The molecule has 1 aliphatic rings. The Morgan fingerprint density at radius 2 is 2.13 bits per heavy atom. The Morgan fingerprint density at radius 3 is 2.67 bits per heavy atom. The van der Waals surface area contributed by atoms with E-state index >= 15 is 0 Å². The van der Waals surface area contributed by atoms with Crippen LogP contribution in [0.25, 0.3) is 0 Å². The average Bonchev–Trinajstić information content (AvgIpc) is 2.18. The second kappa shape index (κ2) is 5.35. The molecule has 4 nitrogen and oxygen atoms in total. The molecule has 1 heterocycles. The van der Waals surface area contributed by atoms with Gasteiger partial charge in [-0.25, -0.2) is 0 Å². The first-order valence-electron chi connectivity index (χ1n) is 5.21. The summed E-state index contributed by atoms with van der Waals surface area (Å²) in [6.07, 6.45) is 1.94. The molecule has 0 spiro atoms. The molecular formula is C10H17ClN2O2. The largest absolute Gasteiger partial charge is 0.369 e. The second-order valence-electron chi connectivity index (χ2n) is 4.01. The highest BCUT2D eigenvalue weighted by Gasteiger charge is 2.30. The smallest absolute Gasteiger partial charge is 0.224 e. The number of likely N-dealkylation sites (tertiary alicyclic amines) is 1. The lowest BCUT2D eigenvalue weighted by Gasteiger charge is -2.36. The van der Waals surface area contributed by atoms with Crippen molar-refractivity contribution in [1.82, 2.24) is 4.90 Å². The van der Waals surface area contributed by atoms with Gasteiger partial charge in [0.25, 0.3) is 0 Å². The lowest BCUT2D eigenvalue weighted by atomic mass is 9.93. The zero-order valence-corrected chi connectivity index (χ0v) is 9.67. The predicted octanol–water partition coefficient (Wildman–Crippen LogP) is 0.728.